The van der Waals surface area contributed by atoms with Gasteiger partial charge >= 0.3 is 11.4 Å². The summed E-state index contributed by atoms with van der Waals surface area (Å²) in [7, 11) is 1.72. The van der Waals surface area contributed by atoms with E-state index in [-0.39, 0.29) is 27.8 Å². The van der Waals surface area contributed by atoms with E-state index in [0.29, 0.717) is 26.5 Å². The van der Waals surface area contributed by atoms with E-state index in [9.17, 15) is 27.6 Å². The summed E-state index contributed by atoms with van der Waals surface area (Å²) in [6.45, 7) is -0.993. The molecular weight excluding hydrogens is 577 g/mol. The summed E-state index contributed by atoms with van der Waals surface area (Å²) >= 11 is 6.42. The summed E-state index contributed by atoms with van der Waals surface area (Å²) in [6.07, 6.45) is 3.21. The third-order valence-electron chi connectivity index (χ3n) is 6.51. The molecule has 0 unspecified atom stereocenters. The van der Waals surface area contributed by atoms with Gasteiger partial charge in [0.15, 0.2) is 17.5 Å². The molecule has 0 amide bonds. The lowest BCUT2D eigenvalue weighted by atomic mass is 10.2. The molecule has 0 saturated heterocycles. The molecule has 0 aliphatic rings. The van der Waals surface area contributed by atoms with E-state index >= 15 is 0 Å². The van der Waals surface area contributed by atoms with Crippen molar-refractivity contribution in [2.75, 3.05) is 5.32 Å². The summed E-state index contributed by atoms with van der Waals surface area (Å²) < 4.78 is 44.9. The van der Waals surface area contributed by atoms with Gasteiger partial charge in [0.25, 0.3) is 5.56 Å². The number of nitrogens with zero attached hydrogens (tertiary/aromatic N) is 6. The van der Waals surface area contributed by atoms with Crippen molar-refractivity contribution in [2.45, 2.75) is 13.1 Å². The number of hydrogen-bond acceptors (Lipinski definition) is 7. The number of hydrogen-bond donors (Lipinski definition) is 2. The second-order valence-electron chi connectivity index (χ2n) is 9.43. The van der Waals surface area contributed by atoms with Crippen molar-refractivity contribution in [3.05, 3.63) is 120 Å². The van der Waals surface area contributed by atoms with E-state index in [0.717, 1.165) is 16.7 Å². The number of halogens is 4. The van der Waals surface area contributed by atoms with Gasteiger partial charge in [-0.25, -0.2) is 32.3 Å². The Morgan fingerprint density at radius 1 is 0.976 bits per heavy atom. The fourth-order valence-electron chi connectivity index (χ4n) is 4.54. The van der Waals surface area contributed by atoms with Gasteiger partial charge in [0.2, 0.25) is 5.95 Å². The van der Waals surface area contributed by atoms with Crippen molar-refractivity contribution >= 4 is 45.2 Å². The number of aromatic nitrogens is 7. The molecule has 0 atom stereocenters. The zero-order valence-electron chi connectivity index (χ0n) is 21.5. The summed E-state index contributed by atoms with van der Waals surface area (Å²) in [4.78, 5) is 50.2. The maximum atomic E-state index is 14.0. The molecule has 212 valence electrons. The van der Waals surface area contributed by atoms with E-state index in [1.165, 1.54) is 12.3 Å². The summed E-state index contributed by atoms with van der Waals surface area (Å²) in [5.41, 5.74) is -1.48. The van der Waals surface area contributed by atoms with E-state index in [4.69, 9.17) is 11.6 Å². The predicted molar refractivity (Wildman–Crippen MR) is 149 cm³/mol. The second-order valence-corrected chi connectivity index (χ2v) is 9.84. The maximum absolute atomic E-state index is 14.0. The van der Waals surface area contributed by atoms with Gasteiger partial charge in [0.1, 0.15) is 5.65 Å². The molecule has 0 aliphatic heterocycles. The molecule has 0 bridgehead atoms. The average molecular weight is 595 g/mol. The fraction of sp³-hybridized carbons (Fsp3) is 0.111. The third kappa shape index (κ3) is 4.92. The minimum absolute atomic E-state index is 0.0627. The van der Waals surface area contributed by atoms with Crippen LogP contribution in [0, 0.1) is 17.5 Å². The van der Waals surface area contributed by atoms with Crippen molar-refractivity contribution in [3.63, 3.8) is 0 Å². The van der Waals surface area contributed by atoms with Crippen molar-refractivity contribution < 1.29 is 13.2 Å². The Bertz CT molecular complexity index is 2200. The quantitative estimate of drug-likeness (QED) is 0.282. The number of nitrogens with one attached hydrogen (secondary N) is 2. The molecule has 0 spiro atoms. The molecule has 4 aromatic heterocycles. The van der Waals surface area contributed by atoms with E-state index in [2.05, 4.69) is 25.4 Å². The predicted octanol–water partition coefficient (Wildman–Crippen LogP) is 3.44. The number of fused-ring (bicyclic) bond motifs is 2. The minimum atomic E-state index is -1.67. The standard InChI is InChI=1S/C27H18ClF3N8O3/c1-37-11-15-8-21(17(28)9-20(15)36-37)33-25-35-26(41)39(12-16-7-14-3-2-4-32-23(14)34-24(16)40)27(42)38(25)10-13-5-18(29)22(31)19(30)6-13/h2-9,11H,10,12H2,1H3,(H,32,34,40)(H,33,35,41). The molecule has 0 fully saturated rings. The van der Waals surface area contributed by atoms with Crippen molar-refractivity contribution in [3.8, 4) is 0 Å². The highest BCUT2D eigenvalue weighted by Gasteiger charge is 2.19. The Morgan fingerprint density at radius 3 is 2.50 bits per heavy atom. The Kier molecular flexibility index (Phi) is 6.61. The second kappa shape index (κ2) is 10.3. The largest absolute Gasteiger partial charge is 0.355 e. The Labute approximate surface area is 237 Å². The molecule has 2 N–H and O–H groups in total. The van der Waals surface area contributed by atoms with Gasteiger partial charge in [0, 0.05) is 35.8 Å². The highest BCUT2D eigenvalue weighted by Crippen LogP contribution is 2.29. The topological polar surface area (TPSA) is 132 Å². The normalized spacial score (nSPS) is 11.5. The minimum Gasteiger partial charge on any atom is -0.324 e. The lowest BCUT2D eigenvalue weighted by Gasteiger charge is -2.16. The van der Waals surface area contributed by atoms with E-state index in [1.54, 1.807) is 42.2 Å². The molecule has 2 aromatic carbocycles. The number of pyridine rings is 2. The van der Waals surface area contributed by atoms with Gasteiger partial charge in [-0.15, -0.1) is 0 Å². The molecule has 0 saturated carbocycles. The van der Waals surface area contributed by atoms with Crippen LogP contribution in [0.3, 0.4) is 0 Å². The van der Waals surface area contributed by atoms with Crippen LogP contribution in [0.5, 0.6) is 0 Å². The van der Waals surface area contributed by atoms with Crippen molar-refractivity contribution in [1.82, 2.24) is 33.9 Å². The molecule has 6 aromatic rings. The van der Waals surface area contributed by atoms with Gasteiger partial charge in [-0.2, -0.15) is 10.1 Å². The zero-order chi connectivity index (χ0) is 29.7. The highest BCUT2D eigenvalue weighted by atomic mass is 35.5. The highest BCUT2D eigenvalue weighted by molar-refractivity contribution is 6.34. The summed E-state index contributed by atoms with van der Waals surface area (Å²) in [5.74, 6) is -4.91. The lowest BCUT2D eigenvalue weighted by molar-refractivity contribution is 0.444. The molecule has 15 heteroatoms. The van der Waals surface area contributed by atoms with Crippen molar-refractivity contribution in [1.29, 1.82) is 0 Å². The van der Waals surface area contributed by atoms with Crippen LogP contribution < -0.4 is 22.3 Å². The SMILES string of the molecule is Cn1cc2cc(Nc3nc(=O)n(Cc4cc5cccnc5[nH]c4=O)c(=O)n3Cc3cc(F)c(F)c(F)c3)c(Cl)cc2n1. The third-order valence-corrected chi connectivity index (χ3v) is 6.82. The maximum Gasteiger partial charge on any atom is 0.355 e. The smallest absolute Gasteiger partial charge is 0.324 e. The molecule has 11 nitrogen and oxygen atoms in total. The monoisotopic (exact) mass is 594 g/mol. The van der Waals surface area contributed by atoms with Gasteiger partial charge in [-0.05, 0) is 48.0 Å². The van der Waals surface area contributed by atoms with Crippen LogP contribution in [0.2, 0.25) is 5.02 Å². The summed E-state index contributed by atoms with van der Waals surface area (Å²) in [6, 6.07) is 9.45. The van der Waals surface area contributed by atoms with Crippen LogP contribution in [0.25, 0.3) is 21.9 Å². The van der Waals surface area contributed by atoms with E-state index in [1.807, 2.05) is 0 Å². The van der Waals surface area contributed by atoms with Gasteiger partial charge < -0.3 is 10.3 Å². The molecule has 4 heterocycles. The number of H-pyrrole nitrogens is 1. The molecule has 42 heavy (non-hydrogen) atoms. The van der Waals surface area contributed by atoms with Gasteiger partial charge in [-0.3, -0.25) is 14.0 Å². The zero-order valence-corrected chi connectivity index (χ0v) is 22.3. The first-order valence-corrected chi connectivity index (χ1v) is 12.7. The van der Waals surface area contributed by atoms with Crippen molar-refractivity contribution in [2.24, 2.45) is 7.05 Å². The number of rotatable bonds is 6. The van der Waals surface area contributed by atoms with Crippen LogP contribution in [0.4, 0.5) is 24.8 Å². The van der Waals surface area contributed by atoms with Gasteiger partial charge in [0.05, 0.1) is 29.3 Å². The molecule has 6 rings (SSSR count). The van der Waals surface area contributed by atoms with E-state index < -0.39 is 47.5 Å². The van der Waals surface area contributed by atoms with Crippen LogP contribution in [-0.4, -0.2) is 33.9 Å². The Balaban J connectivity index is 1.49. The number of anilines is 2. The number of aryl methyl sites for hydroxylation is 1. The van der Waals surface area contributed by atoms with Crippen LogP contribution in [-0.2, 0) is 20.1 Å². The lowest BCUT2D eigenvalue weighted by Crippen LogP contribution is -2.43. The van der Waals surface area contributed by atoms with Crippen LogP contribution in [0.1, 0.15) is 11.1 Å². The first kappa shape index (κ1) is 27.0. The molecule has 0 radical (unpaired) electrons. The number of aromatic amines is 1. The summed E-state index contributed by atoms with van der Waals surface area (Å²) in [5, 5.41) is 8.54. The first-order chi connectivity index (χ1) is 20.1. The fourth-order valence-corrected chi connectivity index (χ4v) is 4.74. The Hall–Kier alpha value is -5.24. The Morgan fingerprint density at radius 2 is 1.74 bits per heavy atom. The first-order valence-electron chi connectivity index (χ1n) is 12.3. The number of benzene rings is 2. The van der Waals surface area contributed by atoms with Crippen LogP contribution >= 0.6 is 11.6 Å². The molecular formula is C27H18ClF3N8O3. The van der Waals surface area contributed by atoms with Gasteiger partial charge in [-0.1, -0.05) is 11.6 Å². The average Bonchev–Trinajstić information content (AvgIpc) is 3.30. The van der Waals surface area contributed by atoms with Crippen LogP contribution in [0.15, 0.2) is 69.2 Å². The molecule has 0 aliphatic carbocycles.